The summed E-state index contributed by atoms with van der Waals surface area (Å²) in [6.07, 6.45) is 7.41. The molecule has 1 aliphatic heterocycles. The number of nitrogens with zero attached hydrogens (tertiary/aromatic N) is 1. The lowest BCUT2D eigenvalue weighted by atomic mass is 9.97. The first-order chi connectivity index (χ1) is 13.2. The van der Waals surface area contributed by atoms with Crippen LogP contribution < -0.4 is 10.6 Å². The Morgan fingerprint density at radius 2 is 1.89 bits per heavy atom. The van der Waals surface area contributed by atoms with Crippen LogP contribution in [0, 0.1) is 5.92 Å². The van der Waals surface area contributed by atoms with E-state index in [4.69, 9.17) is 0 Å². The Morgan fingerprint density at radius 1 is 1.07 bits per heavy atom. The molecule has 2 N–H and O–H groups in total. The summed E-state index contributed by atoms with van der Waals surface area (Å²) in [6.45, 7) is 5.58. The van der Waals surface area contributed by atoms with E-state index in [-0.39, 0.29) is 17.7 Å². The highest BCUT2D eigenvalue weighted by Crippen LogP contribution is 2.16. The van der Waals surface area contributed by atoms with Gasteiger partial charge >= 0.3 is 0 Å². The van der Waals surface area contributed by atoms with E-state index >= 15 is 0 Å². The molecule has 150 valence electrons. The lowest BCUT2D eigenvalue weighted by molar-refractivity contribution is -0.128. The summed E-state index contributed by atoms with van der Waals surface area (Å²) in [5, 5.41) is 6.07. The number of piperidine rings is 1. The zero-order valence-electron chi connectivity index (χ0n) is 16.7. The number of rotatable bonds is 11. The van der Waals surface area contributed by atoms with Gasteiger partial charge in [-0.05, 0) is 37.8 Å². The molecule has 0 radical (unpaired) electrons. The fourth-order valence-electron chi connectivity index (χ4n) is 3.57. The molecule has 2 amide bonds. The van der Waals surface area contributed by atoms with Crippen molar-refractivity contribution in [3.05, 3.63) is 35.9 Å². The van der Waals surface area contributed by atoms with Gasteiger partial charge in [0.2, 0.25) is 11.8 Å². The number of nitrogens with one attached hydrogen (secondary N) is 2. The summed E-state index contributed by atoms with van der Waals surface area (Å²) in [5.74, 6) is 0.217. The number of hydrogen-bond acceptors (Lipinski definition) is 3. The van der Waals surface area contributed by atoms with Crippen LogP contribution in [-0.4, -0.2) is 49.4 Å². The summed E-state index contributed by atoms with van der Waals surface area (Å²) in [6, 6.07) is 10.2. The van der Waals surface area contributed by atoms with Gasteiger partial charge in [0, 0.05) is 19.6 Å². The zero-order chi connectivity index (χ0) is 19.3. The van der Waals surface area contributed by atoms with Crippen molar-refractivity contribution >= 4 is 11.8 Å². The first-order valence-corrected chi connectivity index (χ1v) is 10.5. The quantitative estimate of drug-likeness (QED) is 0.586. The number of hydrogen-bond donors (Lipinski definition) is 2. The van der Waals surface area contributed by atoms with Crippen molar-refractivity contribution in [2.24, 2.45) is 5.92 Å². The number of likely N-dealkylation sites (tertiary alicyclic amines) is 1. The van der Waals surface area contributed by atoms with Crippen molar-refractivity contribution in [2.75, 3.05) is 32.7 Å². The van der Waals surface area contributed by atoms with Crippen LogP contribution in [0.2, 0.25) is 0 Å². The van der Waals surface area contributed by atoms with E-state index in [1.165, 1.54) is 24.8 Å². The average Bonchev–Trinajstić information content (AvgIpc) is 2.68. The highest BCUT2D eigenvalue weighted by atomic mass is 16.2. The average molecular weight is 374 g/mol. The van der Waals surface area contributed by atoms with Gasteiger partial charge in [0.05, 0.1) is 12.5 Å². The number of unbranched alkanes of at least 4 members (excludes halogenated alkanes) is 3. The summed E-state index contributed by atoms with van der Waals surface area (Å²) in [7, 11) is 0. The minimum Gasteiger partial charge on any atom is -0.356 e. The number of benzene rings is 1. The predicted octanol–water partition coefficient (Wildman–Crippen LogP) is 2.75. The molecular weight excluding hydrogens is 338 g/mol. The second-order valence-electron chi connectivity index (χ2n) is 7.51. The van der Waals surface area contributed by atoms with Gasteiger partial charge in [-0.3, -0.25) is 14.5 Å². The van der Waals surface area contributed by atoms with E-state index in [1.54, 1.807) is 0 Å². The molecule has 1 aromatic carbocycles. The zero-order valence-corrected chi connectivity index (χ0v) is 16.7. The van der Waals surface area contributed by atoms with Crippen molar-refractivity contribution in [2.45, 2.75) is 51.9 Å². The van der Waals surface area contributed by atoms with Gasteiger partial charge in [-0.15, -0.1) is 0 Å². The Morgan fingerprint density at radius 3 is 2.67 bits per heavy atom. The van der Waals surface area contributed by atoms with Gasteiger partial charge in [-0.1, -0.05) is 56.5 Å². The van der Waals surface area contributed by atoms with Gasteiger partial charge in [-0.25, -0.2) is 0 Å². The van der Waals surface area contributed by atoms with E-state index in [9.17, 15) is 9.59 Å². The van der Waals surface area contributed by atoms with Crippen LogP contribution in [0.25, 0.3) is 0 Å². The smallest absolute Gasteiger partial charge is 0.234 e. The molecule has 1 heterocycles. The second kappa shape index (κ2) is 12.5. The van der Waals surface area contributed by atoms with Crippen molar-refractivity contribution in [1.29, 1.82) is 0 Å². The van der Waals surface area contributed by atoms with Crippen LogP contribution >= 0.6 is 0 Å². The van der Waals surface area contributed by atoms with Crippen molar-refractivity contribution in [1.82, 2.24) is 15.5 Å². The van der Waals surface area contributed by atoms with Crippen LogP contribution in [0.4, 0.5) is 0 Å². The molecule has 0 saturated carbocycles. The predicted molar refractivity (Wildman–Crippen MR) is 109 cm³/mol. The number of carbonyl (C=O) groups is 2. The van der Waals surface area contributed by atoms with Crippen LogP contribution in [0.15, 0.2) is 30.3 Å². The molecule has 0 aromatic heterocycles. The van der Waals surface area contributed by atoms with E-state index < -0.39 is 0 Å². The molecule has 1 fully saturated rings. The number of carbonyl (C=O) groups excluding carboxylic acids is 2. The van der Waals surface area contributed by atoms with Crippen LogP contribution in [0.5, 0.6) is 0 Å². The fourth-order valence-corrected chi connectivity index (χ4v) is 3.57. The molecule has 1 aliphatic rings. The maximum absolute atomic E-state index is 12.4. The molecule has 1 atom stereocenters. The van der Waals surface area contributed by atoms with Crippen LogP contribution in [0.1, 0.15) is 51.0 Å². The molecule has 0 bridgehead atoms. The standard InChI is InChI=1S/C22H35N3O2/c1-2-3-4-8-14-24-22(27)20-12-9-16-25(17-20)18-21(26)23-15-13-19-10-6-5-7-11-19/h5-7,10-11,20H,2-4,8-9,12-18H2,1H3,(H,23,26)(H,24,27). The Hall–Kier alpha value is -1.88. The molecule has 5 heteroatoms. The van der Waals surface area contributed by atoms with Gasteiger partial charge in [0.15, 0.2) is 0 Å². The number of amides is 2. The third-order valence-electron chi connectivity index (χ3n) is 5.15. The van der Waals surface area contributed by atoms with Crippen LogP contribution in [-0.2, 0) is 16.0 Å². The van der Waals surface area contributed by atoms with Gasteiger partial charge in [-0.2, -0.15) is 0 Å². The van der Waals surface area contributed by atoms with Gasteiger partial charge in [0.1, 0.15) is 0 Å². The minimum absolute atomic E-state index is 0.0158. The highest BCUT2D eigenvalue weighted by Gasteiger charge is 2.26. The first-order valence-electron chi connectivity index (χ1n) is 10.5. The normalized spacial score (nSPS) is 17.4. The van der Waals surface area contributed by atoms with E-state index in [2.05, 4.69) is 34.6 Å². The Kier molecular flexibility index (Phi) is 9.91. The van der Waals surface area contributed by atoms with Crippen LogP contribution in [0.3, 0.4) is 0 Å². The first kappa shape index (κ1) is 21.4. The molecular formula is C22H35N3O2. The highest BCUT2D eigenvalue weighted by molar-refractivity contribution is 5.80. The molecule has 5 nitrogen and oxygen atoms in total. The SMILES string of the molecule is CCCCCCNC(=O)C1CCCN(CC(=O)NCCc2ccccc2)C1. The maximum Gasteiger partial charge on any atom is 0.234 e. The van der Waals surface area contributed by atoms with E-state index in [0.717, 1.165) is 38.8 Å². The monoisotopic (exact) mass is 373 g/mol. The molecule has 0 aliphatic carbocycles. The van der Waals surface area contributed by atoms with Crippen molar-refractivity contribution in [3.63, 3.8) is 0 Å². The maximum atomic E-state index is 12.4. The summed E-state index contributed by atoms with van der Waals surface area (Å²) < 4.78 is 0. The summed E-state index contributed by atoms with van der Waals surface area (Å²) >= 11 is 0. The molecule has 1 unspecified atom stereocenters. The lowest BCUT2D eigenvalue weighted by Crippen LogP contribution is -2.46. The lowest BCUT2D eigenvalue weighted by Gasteiger charge is -2.31. The van der Waals surface area contributed by atoms with Gasteiger partial charge in [0.25, 0.3) is 0 Å². The Balaban J connectivity index is 1.63. The second-order valence-corrected chi connectivity index (χ2v) is 7.51. The molecule has 1 saturated heterocycles. The topological polar surface area (TPSA) is 61.4 Å². The molecule has 0 spiro atoms. The minimum atomic E-state index is 0.0158. The summed E-state index contributed by atoms with van der Waals surface area (Å²) in [4.78, 5) is 26.7. The Bertz CT molecular complexity index is 562. The third kappa shape index (κ3) is 8.57. The molecule has 2 rings (SSSR count). The fraction of sp³-hybridized carbons (Fsp3) is 0.636. The van der Waals surface area contributed by atoms with Crippen molar-refractivity contribution < 1.29 is 9.59 Å². The largest absolute Gasteiger partial charge is 0.356 e. The molecule has 1 aromatic rings. The van der Waals surface area contributed by atoms with E-state index in [1.807, 2.05) is 18.2 Å². The Labute approximate surface area is 163 Å². The van der Waals surface area contributed by atoms with Crippen molar-refractivity contribution in [3.8, 4) is 0 Å². The third-order valence-corrected chi connectivity index (χ3v) is 5.15. The van der Waals surface area contributed by atoms with Gasteiger partial charge < -0.3 is 10.6 Å². The van der Waals surface area contributed by atoms with E-state index in [0.29, 0.717) is 19.6 Å². The molecule has 27 heavy (non-hydrogen) atoms. The summed E-state index contributed by atoms with van der Waals surface area (Å²) in [5.41, 5.74) is 1.23.